The van der Waals surface area contributed by atoms with Crippen LogP contribution in [0.4, 0.5) is 10.6 Å². The van der Waals surface area contributed by atoms with E-state index in [4.69, 9.17) is 4.74 Å². The van der Waals surface area contributed by atoms with Crippen LogP contribution in [-0.2, 0) is 23.1 Å². The summed E-state index contributed by atoms with van der Waals surface area (Å²) in [5.74, 6) is 0.653. The summed E-state index contributed by atoms with van der Waals surface area (Å²) < 4.78 is 6.69. The molecule has 3 rings (SSSR count). The number of anilines is 1. The van der Waals surface area contributed by atoms with Crippen LogP contribution in [0, 0.1) is 0 Å². The Morgan fingerprint density at radius 3 is 2.64 bits per heavy atom. The maximum Gasteiger partial charge on any atom is 0.324 e. The van der Waals surface area contributed by atoms with Crippen molar-refractivity contribution in [3.05, 3.63) is 42.1 Å². The van der Waals surface area contributed by atoms with Crippen molar-refractivity contribution in [1.29, 1.82) is 0 Å². The summed E-state index contributed by atoms with van der Waals surface area (Å²) in [7, 11) is 3.35. The SMILES string of the molecule is COc1ccc(CCN2C(=O)N[C@@H](CCC(=O)Nc3ccn(C)n3)C2=O)cc1. The van der Waals surface area contributed by atoms with Gasteiger partial charge in [-0.15, -0.1) is 0 Å². The Balaban J connectivity index is 1.47. The molecule has 1 aliphatic rings. The van der Waals surface area contributed by atoms with Gasteiger partial charge in [0.15, 0.2) is 5.82 Å². The average Bonchev–Trinajstić information content (AvgIpc) is 3.21. The number of hydrogen-bond donors (Lipinski definition) is 2. The molecule has 0 bridgehead atoms. The summed E-state index contributed by atoms with van der Waals surface area (Å²) in [6.45, 7) is 0.285. The first kappa shape index (κ1) is 19.4. The lowest BCUT2D eigenvalue weighted by Gasteiger charge is -2.13. The smallest absolute Gasteiger partial charge is 0.324 e. The second kappa shape index (κ2) is 8.55. The standard InChI is InChI=1S/C19H23N5O4/c1-23-11-10-16(22-23)21-17(25)8-7-15-18(26)24(19(27)20-15)12-9-13-3-5-14(28-2)6-4-13/h3-6,10-11,15H,7-9,12H2,1-2H3,(H,20,27)(H,21,22,25)/t15-/m0/s1. The molecule has 2 aromatic rings. The molecule has 1 atom stereocenters. The molecule has 1 aliphatic heterocycles. The predicted octanol–water partition coefficient (Wildman–Crippen LogP) is 1.31. The molecule has 1 saturated heterocycles. The topological polar surface area (TPSA) is 106 Å². The van der Waals surface area contributed by atoms with E-state index in [2.05, 4.69) is 15.7 Å². The molecular weight excluding hydrogens is 362 g/mol. The molecule has 1 aromatic carbocycles. The average molecular weight is 385 g/mol. The Labute approximate surface area is 162 Å². The second-order valence-corrected chi connectivity index (χ2v) is 6.55. The normalized spacial score (nSPS) is 16.2. The summed E-state index contributed by atoms with van der Waals surface area (Å²) in [5, 5.41) is 9.38. The van der Waals surface area contributed by atoms with Gasteiger partial charge in [-0.05, 0) is 30.5 Å². The summed E-state index contributed by atoms with van der Waals surface area (Å²) in [6, 6.07) is 8.05. The quantitative estimate of drug-likeness (QED) is 0.667. The van der Waals surface area contributed by atoms with Gasteiger partial charge in [0.1, 0.15) is 11.8 Å². The van der Waals surface area contributed by atoms with Gasteiger partial charge < -0.3 is 15.4 Å². The summed E-state index contributed by atoms with van der Waals surface area (Å²) >= 11 is 0. The van der Waals surface area contributed by atoms with Crippen LogP contribution >= 0.6 is 0 Å². The highest BCUT2D eigenvalue weighted by molar-refractivity contribution is 6.04. The van der Waals surface area contributed by atoms with E-state index in [9.17, 15) is 14.4 Å². The highest BCUT2D eigenvalue weighted by atomic mass is 16.5. The molecule has 1 aromatic heterocycles. The van der Waals surface area contributed by atoms with E-state index in [-0.39, 0.29) is 31.2 Å². The largest absolute Gasteiger partial charge is 0.497 e. The summed E-state index contributed by atoms with van der Waals surface area (Å²) in [4.78, 5) is 37.8. The number of carbonyl (C=O) groups is 3. The third-order valence-electron chi connectivity index (χ3n) is 4.53. The zero-order valence-electron chi connectivity index (χ0n) is 15.8. The van der Waals surface area contributed by atoms with Gasteiger partial charge in [0.25, 0.3) is 5.91 Å². The maximum absolute atomic E-state index is 12.5. The van der Waals surface area contributed by atoms with Crippen molar-refractivity contribution in [1.82, 2.24) is 20.0 Å². The zero-order valence-corrected chi connectivity index (χ0v) is 15.8. The van der Waals surface area contributed by atoms with Crippen LogP contribution < -0.4 is 15.4 Å². The molecule has 9 heteroatoms. The van der Waals surface area contributed by atoms with Crippen molar-refractivity contribution in [2.24, 2.45) is 7.05 Å². The van der Waals surface area contributed by atoms with Gasteiger partial charge in [-0.3, -0.25) is 19.2 Å². The van der Waals surface area contributed by atoms with Gasteiger partial charge in [0.2, 0.25) is 5.91 Å². The number of nitrogens with one attached hydrogen (secondary N) is 2. The molecule has 148 valence electrons. The third kappa shape index (κ3) is 4.67. The van der Waals surface area contributed by atoms with Gasteiger partial charge in [-0.2, -0.15) is 5.10 Å². The minimum absolute atomic E-state index is 0.111. The van der Waals surface area contributed by atoms with E-state index in [1.807, 2.05) is 24.3 Å². The zero-order chi connectivity index (χ0) is 20.1. The lowest BCUT2D eigenvalue weighted by molar-refractivity contribution is -0.127. The van der Waals surface area contributed by atoms with E-state index >= 15 is 0 Å². The number of hydrogen-bond acceptors (Lipinski definition) is 5. The molecule has 0 aliphatic carbocycles. The number of benzene rings is 1. The van der Waals surface area contributed by atoms with Crippen molar-refractivity contribution < 1.29 is 19.1 Å². The number of carbonyl (C=O) groups excluding carboxylic acids is 3. The van der Waals surface area contributed by atoms with Crippen LogP contribution in [0.2, 0.25) is 0 Å². The number of amides is 4. The number of aromatic nitrogens is 2. The van der Waals surface area contributed by atoms with Crippen molar-refractivity contribution in [2.75, 3.05) is 19.0 Å². The molecule has 0 saturated carbocycles. The maximum atomic E-state index is 12.5. The lowest BCUT2D eigenvalue weighted by Crippen LogP contribution is -2.33. The van der Waals surface area contributed by atoms with Crippen molar-refractivity contribution in [2.45, 2.75) is 25.3 Å². The first-order chi connectivity index (χ1) is 13.5. The van der Waals surface area contributed by atoms with Crippen LogP contribution in [0.1, 0.15) is 18.4 Å². The lowest BCUT2D eigenvalue weighted by atomic mass is 10.1. The first-order valence-corrected chi connectivity index (χ1v) is 9.00. The van der Waals surface area contributed by atoms with Gasteiger partial charge in [0.05, 0.1) is 7.11 Å². The van der Waals surface area contributed by atoms with E-state index < -0.39 is 12.1 Å². The minimum Gasteiger partial charge on any atom is -0.497 e. The molecule has 0 radical (unpaired) electrons. The number of aryl methyl sites for hydroxylation is 1. The Morgan fingerprint density at radius 2 is 2.00 bits per heavy atom. The van der Waals surface area contributed by atoms with Gasteiger partial charge >= 0.3 is 6.03 Å². The highest BCUT2D eigenvalue weighted by Gasteiger charge is 2.37. The van der Waals surface area contributed by atoms with Crippen LogP contribution in [0.15, 0.2) is 36.5 Å². The molecule has 4 amide bonds. The Kier molecular flexibility index (Phi) is 5.93. The Hall–Kier alpha value is -3.36. The number of ether oxygens (including phenoxy) is 1. The predicted molar refractivity (Wildman–Crippen MR) is 102 cm³/mol. The van der Waals surface area contributed by atoms with Crippen molar-refractivity contribution in [3.8, 4) is 5.75 Å². The molecular formula is C19H23N5O4. The Bertz CT molecular complexity index is 861. The molecule has 1 fully saturated rings. The number of nitrogens with zero attached hydrogens (tertiary/aromatic N) is 3. The van der Waals surface area contributed by atoms with Crippen LogP contribution in [0.3, 0.4) is 0 Å². The van der Waals surface area contributed by atoms with Crippen molar-refractivity contribution in [3.63, 3.8) is 0 Å². The molecule has 2 N–H and O–H groups in total. The molecule has 0 spiro atoms. The van der Waals surface area contributed by atoms with Crippen LogP contribution in [-0.4, -0.2) is 52.2 Å². The number of urea groups is 1. The van der Waals surface area contributed by atoms with E-state index in [0.717, 1.165) is 11.3 Å². The van der Waals surface area contributed by atoms with Crippen LogP contribution in [0.5, 0.6) is 5.75 Å². The second-order valence-electron chi connectivity index (χ2n) is 6.55. The van der Waals surface area contributed by atoms with Gasteiger partial charge in [0, 0.05) is 32.3 Å². The number of methoxy groups -OCH3 is 1. The molecule has 0 unspecified atom stereocenters. The fourth-order valence-corrected chi connectivity index (χ4v) is 2.98. The Morgan fingerprint density at radius 1 is 1.25 bits per heavy atom. The minimum atomic E-state index is -0.683. The fourth-order valence-electron chi connectivity index (χ4n) is 2.98. The molecule has 2 heterocycles. The van der Waals surface area contributed by atoms with E-state index in [1.165, 1.54) is 4.90 Å². The number of imide groups is 1. The number of rotatable bonds is 8. The molecule has 28 heavy (non-hydrogen) atoms. The van der Waals surface area contributed by atoms with E-state index in [1.54, 1.807) is 31.1 Å². The summed E-state index contributed by atoms with van der Waals surface area (Å²) in [6.07, 6.45) is 2.62. The third-order valence-corrected chi connectivity index (χ3v) is 4.53. The molecule has 9 nitrogen and oxygen atoms in total. The van der Waals surface area contributed by atoms with Gasteiger partial charge in [-0.1, -0.05) is 12.1 Å². The van der Waals surface area contributed by atoms with Gasteiger partial charge in [-0.25, -0.2) is 4.79 Å². The first-order valence-electron chi connectivity index (χ1n) is 9.00. The summed E-state index contributed by atoms with van der Waals surface area (Å²) in [5.41, 5.74) is 1.000. The van der Waals surface area contributed by atoms with Crippen LogP contribution in [0.25, 0.3) is 0 Å². The highest BCUT2D eigenvalue weighted by Crippen LogP contribution is 2.15. The van der Waals surface area contributed by atoms with Crippen molar-refractivity contribution >= 4 is 23.7 Å². The van der Waals surface area contributed by atoms with E-state index in [0.29, 0.717) is 12.2 Å². The monoisotopic (exact) mass is 385 g/mol. The fraction of sp³-hybridized carbons (Fsp3) is 0.368.